The third kappa shape index (κ3) is 3.05. The van der Waals surface area contributed by atoms with Crippen molar-refractivity contribution in [3.8, 4) is 0 Å². The molecule has 1 unspecified atom stereocenters. The second kappa shape index (κ2) is 6.42. The van der Waals surface area contributed by atoms with Gasteiger partial charge < -0.3 is 5.73 Å². The van der Waals surface area contributed by atoms with E-state index in [4.69, 9.17) is 17.3 Å². The summed E-state index contributed by atoms with van der Waals surface area (Å²) in [6, 6.07) is 8.51. The van der Waals surface area contributed by atoms with Gasteiger partial charge in [-0.05, 0) is 31.9 Å². The fourth-order valence-corrected chi connectivity index (χ4v) is 2.91. The molecule has 2 N–H and O–H groups in total. The van der Waals surface area contributed by atoms with Crippen molar-refractivity contribution in [1.82, 2.24) is 9.78 Å². The topological polar surface area (TPSA) is 43.8 Å². The fourth-order valence-electron chi connectivity index (χ4n) is 2.54. The Kier molecular flexibility index (Phi) is 4.84. The molecule has 0 bridgehead atoms. The second-order valence-corrected chi connectivity index (χ2v) is 5.61. The van der Waals surface area contributed by atoms with Gasteiger partial charge in [0.2, 0.25) is 0 Å². The Morgan fingerprint density at radius 1 is 1.40 bits per heavy atom. The van der Waals surface area contributed by atoms with Gasteiger partial charge in [0.05, 0.1) is 16.4 Å². The SMILES string of the molecule is CCc1nn(C)c(CC(CN)c2cccc(C)c2)c1Cl. The van der Waals surface area contributed by atoms with Crippen LogP contribution in [0.4, 0.5) is 0 Å². The van der Waals surface area contributed by atoms with Crippen molar-refractivity contribution in [3.63, 3.8) is 0 Å². The molecule has 108 valence electrons. The Morgan fingerprint density at radius 2 is 2.15 bits per heavy atom. The molecule has 1 aromatic carbocycles. The lowest BCUT2D eigenvalue weighted by Gasteiger charge is -2.16. The zero-order valence-electron chi connectivity index (χ0n) is 12.4. The summed E-state index contributed by atoms with van der Waals surface area (Å²) in [6.45, 7) is 4.77. The van der Waals surface area contributed by atoms with E-state index < -0.39 is 0 Å². The van der Waals surface area contributed by atoms with Crippen LogP contribution in [0.2, 0.25) is 5.02 Å². The first kappa shape index (κ1) is 15.1. The molecule has 0 aliphatic rings. The lowest BCUT2D eigenvalue weighted by atomic mass is 9.93. The summed E-state index contributed by atoms with van der Waals surface area (Å²) in [4.78, 5) is 0. The van der Waals surface area contributed by atoms with E-state index in [0.717, 1.165) is 29.3 Å². The van der Waals surface area contributed by atoms with E-state index in [1.54, 1.807) is 0 Å². The Balaban J connectivity index is 2.29. The van der Waals surface area contributed by atoms with Gasteiger partial charge in [-0.3, -0.25) is 4.68 Å². The third-order valence-electron chi connectivity index (χ3n) is 3.74. The highest BCUT2D eigenvalue weighted by Gasteiger charge is 2.18. The van der Waals surface area contributed by atoms with Crippen molar-refractivity contribution in [3.05, 3.63) is 51.8 Å². The minimum atomic E-state index is 0.271. The fraction of sp³-hybridized carbons (Fsp3) is 0.438. The maximum absolute atomic E-state index is 6.43. The van der Waals surface area contributed by atoms with Gasteiger partial charge in [-0.2, -0.15) is 5.10 Å². The molecule has 0 saturated heterocycles. The van der Waals surface area contributed by atoms with Crippen LogP contribution in [-0.4, -0.2) is 16.3 Å². The number of hydrogen-bond acceptors (Lipinski definition) is 2. The Labute approximate surface area is 125 Å². The standard InChI is InChI=1S/C16H22ClN3/c1-4-14-16(17)15(20(3)19-14)9-13(10-18)12-7-5-6-11(2)8-12/h5-8,13H,4,9-10,18H2,1-3H3. The van der Waals surface area contributed by atoms with Gasteiger partial charge in [0.25, 0.3) is 0 Å². The minimum Gasteiger partial charge on any atom is -0.330 e. The Bertz CT molecular complexity index is 589. The summed E-state index contributed by atoms with van der Waals surface area (Å²) in [7, 11) is 1.95. The minimum absolute atomic E-state index is 0.271. The van der Waals surface area contributed by atoms with Crippen molar-refractivity contribution in [2.45, 2.75) is 32.6 Å². The van der Waals surface area contributed by atoms with E-state index in [9.17, 15) is 0 Å². The number of hydrogen-bond donors (Lipinski definition) is 1. The highest BCUT2D eigenvalue weighted by Crippen LogP contribution is 2.27. The highest BCUT2D eigenvalue weighted by atomic mass is 35.5. The molecule has 0 aliphatic heterocycles. The summed E-state index contributed by atoms with van der Waals surface area (Å²) in [5, 5.41) is 5.26. The van der Waals surface area contributed by atoms with Crippen LogP contribution in [0.1, 0.15) is 35.4 Å². The number of aryl methyl sites for hydroxylation is 3. The molecule has 0 radical (unpaired) electrons. The van der Waals surface area contributed by atoms with Crippen LogP contribution in [0.25, 0.3) is 0 Å². The number of aromatic nitrogens is 2. The zero-order chi connectivity index (χ0) is 14.7. The van der Waals surface area contributed by atoms with Gasteiger partial charge in [-0.1, -0.05) is 48.4 Å². The Morgan fingerprint density at radius 3 is 2.70 bits per heavy atom. The molecule has 20 heavy (non-hydrogen) atoms. The normalized spacial score (nSPS) is 12.7. The third-order valence-corrected chi connectivity index (χ3v) is 4.18. The monoisotopic (exact) mass is 291 g/mol. The van der Waals surface area contributed by atoms with Crippen LogP contribution in [-0.2, 0) is 19.9 Å². The number of rotatable bonds is 5. The molecule has 1 atom stereocenters. The van der Waals surface area contributed by atoms with Crippen LogP contribution in [0.5, 0.6) is 0 Å². The van der Waals surface area contributed by atoms with Gasteiger partial charge >= 0.3 is 0 Å². The molecular weight excluding hydrogens is 270 g/mol. The first-order valence-electron chi connectivity index (χ1n) is 7.03. The molecule has 2 aromatic rings. The summed E-state index contributed by atoms with van der Waals surface area (Å²) < 4.78 is 1.89. The van der Waals surface area contributed by atoms with E-state index in [0.29, 0.717) is 6.54 Å². The molecule has 3 nitrogen and oxygen atoms in total. The smallest absolute Gasteiger partial charge is 0.0849 e. The predicted molar refractivity (Wildman–Crippen MR) is 84.3 cm³/mol. The first-order valence-corrected chi connectivity index (χ1v) is 7.41. The molecule has 0 spiro atoms. The number of benzene rings is 1. The molecule has 0 saturated carbocycles. The molecule has 1 heterocycles. The molecule has 0 amide bonds. The number of halogens is 1. The molecule has 0 aliphatic carbocycles. The van der Waals surface area contributed by atoms with Crippen molar-refractivity contribution in [1.29, 1.82) is 0 Å². The zero-order valence-corrected chi connectivity index (χ0v) is 13.1. The van der Waals surface area contributed by atoms with Crippen LogP contribution in [0, 0.1) is 6.92 Å². The summed E-state index contributed by atoms with van der Waals surface area (Å²) >= 11 is 6.43. The largest absolute Gasteiger partial charge is 0.330 e. The summed E-state index contributed by atoms with van der Waals surface area (Å²) in [5.41, 5.74) is 10.5. The van der Waals surface area contributed by atoms with Gasteiger partial charge in [-0.25, -0.2) is 0 Å². The lowest BCUT2D eigenvalue weighted by molar-refractivity contribution is 0.627. The Hall–Kier alpha value is -1.32. The predicted octanol–water partition coefficient (Wildman–Crippen LogP) is 3.23. The van der Waals surface area contributed by atoms with Gasteiger partial charge in [-0.15, -0.1) is 0 Å². The van der Waals surface area contributed by atoms with E-state index >= 15 is 0 Å². The maximum atomic E-state index is 6.43. The maximum Gasteiger partial charge on any atom is 0.0849 e. The molecule has 0 fully saturated rings. The molecule has 1 aromatic heterocycles. The highest BCUT2D eigenvalue weighted by molar-refractivity contribution is 6.31. The quantitative estimate of drug-likeness (QED) is 0.919. The van der Waals surface area contributed by atoms with Gasteiger partial charge in [0.15, 0.2) is 0 Å². The van der Waals surface area contributed by atoms with Crippen molar-refractivity contribution in [2.24, 2.45) is 12.8 Å². The second-order valence-electron chi connectivity index (χ2n) is 5.24. The number of nitrogens with two attached hydrogens (primary N) is 1. The van der Waals surface area contributed by atoms with Crippen LogP contribution >= 0.6 is 11.6 Å². The van der Waals surface area contributed by atoms with Crippen molar-refractivity contribution >= 4 is 11.6 Å². The van der Waals surface area contributed by atoms with Gasteiger partial charge in [0.1, 0.15) is 0 Å². The van der Waals surface area contributed by atoms with Crippen molar-refractivity contribution in [2.75, 3.05) is 6.54 Å². The molecule has 2 rings (SSSR count). The van der Waals surface area contributed by atoms with E-state index in [1.807, 2.05) is 11.7 Å². The average Bonchev–Trinajstić information content (AvgIpc) is 2.71. The first-order chi connectivity index (χ1) is 9.56. The van der Waals surface area contributed by atoms with Crippen LogP contribution in [0.15, 0.2) is 24.3 Å². The van der Waals surface area contributed by atoms with Gasteiger partial charge in [0, 0.05) is 13.0 Å². The van der Waals surface area contributed by atoms with E-state index in [-0.39, 0.29) is 5.92 Å². The van der Waals surface area contributed by atoms with Crippen LogP contribution < -0.4 is 5.73 Å². The lowest BCUT2D eigenvalue weighted by Crippen LogP contribution is -2.17. The number of nitrogens with zero attached hydrogens (tertiary/aromatic N) is 2. The van der Waals surface area contributed by atoms with E-state index in [1.165, 1.54) is 11.1 Å². The summed E-state index contributed by atoms with van der Waals surface area (Å²) in [6.07, 6.45) is 1.67. The molecular formula is C16H22ClN3. The summed E-state index contributed by atoms with van der Waals surface area (Å²) in [5.74, 6) is 0.271. The molecule has 4 heteroatoms. The van der Waals surface area contributed by atoms with E-state index in [2.05, 4.69) is 43.2 Å². The van der Waals surface area contributed by atoms with Crippen molar-refractivity contribution < 1.29 is 0 Å². The van der Waals surface area contributed by atoms with Crippen LogP contribution in [0.3, 0.4) is 0 Å². The average molecular weight is 292 g/mol.